The van der Waals surface area contributed by atoms with Gasteiger partial charge in [-0.15, -0.1) is 5.11 Å². The summed E-state index contributed by atoms with van der Waals surface area (Å²) in [5.41, 5.74) is 0.945. The minimum Gasteiger partial charge on any atom is -0.461 e. The number of nitrogens with zero attached hydrogens (tertiary/aromatic N) is 5. The number of rotatable bonds is 9. The molecule has 178 valence electrons. The topological polar surface area (TPSA) is 147 Å². The minimum atomic E-state index is -3.64. The molecule has 2 heterocycles. The van der Waals surface area contributed by atoms with E-state index in [0.29, 0.717) is 49.5 Å². The van der Waals surface area contributed by atoms with Crippen LogP contribution in [0.3, 0.4) is 0 Å². The fourth-order valence-corrected chi connectivity index (χ4v) is 3.30. The van der Waals surface area contributed by atoms with E-state index in [4.69, 9.17) is 21.1 Å². The van der Waals surface area contributed by atoms with Gasteiger partial charge in [-0.2, -0.15) is 15.1 Å². The zero-order valence-electron chi connectivity index (χ0n) is 17.9. The molecule has 2 aromatic rings. The van der Waals surface area contributed by atoms with Crippen molar-refractivity contribution in [1.29, 1.82) is 0 Å². The van der Waals surface area contributed by atoms with Crippen molar-refractivity contribution in [3.63, 3.8) is 0 Å². The molecule has 1 aromatic heterocycles. The molecule has 2 amide bonds. The molecule has 1 fully saturated rings. The van der Waals surface area contributed by atoms with Gasteiger partial charge in [0.15, 0.2) is 5.82 Å². The third kappa shape index (κ3) is 8.79. The van der Waals surface area contributed by atoms with Gasteiger partial charge in [-0.1, -0.05) is 23.7 Å². The molecule has 0 unspecified atom stereocenters. The second-order valence-electron chi connectivity index (χ2n) is 6.97. The van der Waals surface area contributed by atoms with E-state index in [-0.39, 0.29) is 19.2 Å². The van der Waals surface area contributed by atoms with Crippen molar-refractivity contribution in [3.8, 4) is 6.01 Å². The van der Waals surface area contributed by atoms with Crippen LogP contribution in [0.4, 0.5) is 16.4 Å². The van der Waals surface area contributed by atoms with Crippen molar-refractivity contribution in [2.45, 2.75) is 6.54 Å². The SMILES string of the molecule is CS(=O)(=O)NC(=O)NCCOc1nc(N=NCc2ccc(Cl)cc2)cc(N2CCOCC2)n1. The van der Waals surface area contributed by atoms with Crippen LogP contribution >= 0.6 is 11.6 Å². The molecular formula is C19H24ClN7O5S. The van der Waals surface area contributed by atoms with Crippen LogP contribution in [0.5, 0.6) is 6.01 Å². The molecule has 14 heteroatoms. The maximum atomic E-state index is 11.5. The van der Waals surface area contributed by atoms with E-state index in [1.54, 1.807) is 22.9 Å². The number of nitrogens with one attached hydrogen (secondary N) is 2. The van der Waals surface area contributed by atoms with Crippen molar-refractivity contribution in [2.24, 2.45) is 10.2 Å². The summed E-state index contributed by atoms with van der Waals surface area (Å²) in [5.74, 6) is 0.935. The summed E-state index contributed by atoms with van der Waals surface area (Å²) >= 11 is 5.90. The monoisotopic (exact) mass is 497 g/mol. The Kier molecular flexibility index (Phi) is 8.74. The fourth-order valence-electron chi connectivity index (χ4n) is 2.76. The predicted molar refractivity (Wildman–Crippen MR) is 122 cm³/mol. The number of aromatic nitrogens is 2. The molecule has 0 aliphatic carbocycles. The third-order valence-corrected chi connectivity index (χ3v) is 5.06. The van der Waals surface area contributed by atoms with E-state index < -0.39 is 16.1 Å². The van der Waals surface area contributed by atoms with Gasteiger partial charge in [0, 0.05) is 24.2 Å². The third-order valence-electron chi connectivity index (χ3n) is 4.25. The summed E-state index contributed by atoms with van der Waals surface area (Å²) in [4.78, 5) is 22.2. The first-order valence-corrected chi connectivity index (χ1v) is 12.3. The van der Waals surface area contributed by atoms with E-state index >= 15 is 0 Å². The Balaban J connectivity index is 1.64. The van der Waals surface area contributed by atoms with E-state index in [0.717, 1.165) is 11.8 Å². The lowest BCUT2D eigenvalue weighted by molar-refractivity contribution is 0.122. The molecule has 2 N–H and O–H groups in total. The van der Waals surface area contributed by atoms with Crippen molar-refractivity contribution in [3.05, 3.63) is 40.9 Å². The van der Waals surface area contributed by atoms with E-state index in [1.165, 1.54) is 0 Å². The fraction of sp³-hybridized carbons (Fsp3) is 0.421. The molecule has 1 saturated heterocycles. The Hall–Kier alpha value is -3.03. The van der Waals surface area contributed by atoms with Crippen LogP contribution < -0.4 is 19.7 Å². The highest BCUT2D eigenvalue weighted by atomic mass is 35.5. The lowest BCUT2D eigenvalue weighted by Crippen LogP contribution is -2.40. The molecule has 0 atom stereocenters. The Labute approximate surface area is 196 Å². The molecule has 0 radical (unpaired) electrons. The van der Waals surface area contributed by atoms with Crippen LogP contribution in [0.2, 0.25) is 5.02 Å². The highest BCUT2D eigenvalue weighted by Gasteiger charge is 2.16. The number of ether oxygens (including phenoxy) is 2. The summed E-state index contributed by atoms with van der Waals surface area (Å²) in [6.45, 7) is 2.88. The van der Waals surface area contributed by atoms with Gasteiger partial charge in [-0.25, -0.2) is 17.9 Å². The highest BCUT2D eigenvalue weighted by Crippen LogP contribution is 2.23. The summed E-state index contributed by atoms with van der Waals surface area (Å²) < 4.78 is 34.8. The number of morpholine rings is 1. The lowest BCUT2D eigenvalue weighted by Gasteiger charge is -2.27. The zero-order chi connectivity index (χ0) is 23.7. The molecule has 33 heavy (non-hydrogen) atoms. The van der Waals surface area contributed by atoms with Gasteiger partial charge >= 0.3 is 12.0 Å². The molecule has 3 rings (SSSR count). The van der Waals surface area contributed by atoms with Crippen LogP contribution in [0.15, 0.2) is 40.6 Å². The first kappa shape index (κ1) is 24.6. The second-order valence-corrected chi connectivity index (χ2v) is 9.16. The molecule has 0 bridgehead atoms. The number of halogens is 1. The van der Waals surface area contributed by atoms with Crippen LogP contribution in [-0.4, -0.2) is 70.1 Å². The lowest BCUT2D eigenvalue weighted by atomic mass is 10.2. The number of carbonyl (C=O) groups is 1. The number of urea groups is 1. The number of anilines is 1. The van der Waals surface area contributed by atoms with Gasteiger partial charge in [0.05, 0.1) is 32.6 Å². The number of amides is 2. The Morgan fingerprint density at radius 3 is 2.67 bits per heavy atom. The number of hydrogen-bond donors (Lipinski definition) is 2. The van der Waals surface area contributed by atoms with E-state index in [2.05, 4.69) is 25.5 Å². The van der Waals surface area contributed by atoms with Gasteiger partial charge < -0.3 is 19.7 Å². The summed E-state index contributed by atoms with van der Waals surface area (Å²) in [6, 6.07) is 8.21. The normalized spacial score (nSPS) is 14.3. The largest absolute Gasteiger partial charge is 0.461 e. The number of hydrogen-bond acceptors (Lipinski definition) is 10. The smallest absolute Gasteiger partial charge is 0.328 e. The van der Waals surface area contributed by atoms with E-state index in [1.807, 2.05) is 17.0 Å². The number of carbonyl (C=O) groups excluding carboxylic acids is 1. The predicted octanol–water partition coefficient (Wildman–Crippen LogP) is 1.89. The van der Waals surface area contributed by atoms with Crippen LogP contribution in [0.1, 0.15) is 5.56 Å². The quantitative estimate of drug-likeness (QED) is 0.394. The Morgan fingerprint density at radius 1 is 1.24 bits per heavy atom. The van der Waals surface area contributed by atoms with Gasteiger partial charge in [-0.05, 0) is 17.7 Å². The average Bonchev–Trinajstić information content (AvgIpc) is 2.77. The highest BCUT2D eigenvalue weighted by molar-refractivity contribution is 7.89. The molecular weight excluding hydrogens is 474 g/mol. The molecule has 1 aliphatic heterocycles. The van der Waals surface area contributed by atoms with Crippen LogP contribution in [0, 0.1) is 0 Å². The number of sulfonamides is 1. The maximum Gasteiger partial charge on any atom is 0.328 e. The Morgan fingerprint density at radius 2 is 1.97 bits per heavy atom. The van der Waals surface area contributed by atoms with Gasteiger partial charge in [0.2, 0.25) is 10.0 Å². The summed E-state index contributed by atoms with van der Waals surface area (Å²) in [6.07, 6.45) is 0.886. The second kappa shape index (κ2) is 11.7. The van der Waals surface area contributed by atoms with Crippen molar-refractivity contribution < 1.29 is 22.7 Å². The van der Waals surface area contributed by atoms with Crippen LogP contribution in [-0.2, 0) is 21.3 Å². The minimum absolute atomic E-state index is 0.0190. The zero-order valence-corrected chi connectivity index (χ0v) is 19.5. The first-order valence-electron chi connectivity index (χ1n) is 10.0. The summed E-state index contributed by atoms with van der Waals surface area (Å²) in [7, 11) is -3.64. The van der Waals surface area contributed by atoms with Gasteiger partial charge in [0.1, 0.15) is 12.4 Å². The van der Waals surface area contributed by atoms with E-state index in [9.17, 15) is 13.2 Å². The molecule has 0 saturated carbocycles. The summed E-state index contributed by atoms with van der Waals surface area (Å²) in [5, 5.41) is 11.4. The maximum absolute atomic E-state index is 11.5. The molecule has 12 nitrogen and oxygen atoms in total. The van der Waals surface area contributed by atoms with Crippen LogP contribution in [0.25, 0.3) is 0 Å². The first-order chi connectivity index (χ1) is 15.8. The molecule has 1 aromatic carbocycles. The van der Waals surface area contributed by atoms with Crippen molar-refractivity contribution in [2.75, 3.05) is 50.6 Å². The average molecular weight is 498 g/mol. The molecule has 1 aliphatic rings. The number of azo groups is 1. The Bertz CT molecular complexity index is 1080. The van der Waals surface area contributed by atoms with Crippen molar-refractivity contribution in [1.82, 2.24) is 20.0 Å². The number of benzene rings is 1. The van der Waals surface area contributed by atoms with Crippen molar-refractivity contribution >= 4 is 39.3 Å². The molecule has 0 spiro atoms. The van der Waals surface area contributed by atoms with Gasteiger partial charge in [-0.3, -0.25) is 0 Å². The van der Waals surface area contributed by atoms with Gasteiger partial charge in [0.25, 0.3) is 0 Å². The standard InChI is InChI=1S/C19H24ClN7O5S/c1-33(29,30)26-18(28)21-6-9-32-19-23-16(12-17(24-19)27-7-10-31-11-8-27)25-22-13-14-2-4-15(20)5-3-14/h2-5,12H,6-11,13H2,1H3,(H2,21,26,28).